The maximum absolute atomic E-state index is 12.8. The van der Waals surface area contributed by atoms with Crippen molar-refractivity contribution in [3.05, 3.63) is 23.8 Å². The highest BCUT2D eigenvalue weighted by atomic mass is 32.2. The SMILES string of the molecule is O=S(=O)(c1ccc2c(c1)CCCO2)N1CCOCC1CC(F)F. The van der Waals surface area contributed by atoms with Crippen molar-refractivity contribution in [2.24, 2.45) is 0 Å². The van der Waals surface area contributed by atoms with Gasteiger partial charge in [-0.2, -0.15) is 4.31 Å². The van der Waals surface area contributed by atoms with Crippen molar-refractivity contribution in [1.82, 2.24) is 4.31 Å². The Kier molecular flexibility index (Phi) is 4.84. The molecule has 0 saturated carbocycles. The number of halogens is 2. The van der Waals surface area contributed by atoms with Gasteiger partial charge in [0.25, 0.3) is 0 Å². The van der Waals surface area contributed by atoms with E-state index in [-0.39, 0.29) is 24.7 Å². The van der Waals surface area contributed by atoms with Crippen LogP contribution in [-0.2, 0) is 21.2 Å². The van der Waals surface area contributed by atoms with E-state index >= 15 is 0 Å². The summed E-state index contributed by atoms with van der Waals surface area (Å²) < 4.78 is 62.9. The largest absolute Gasteiger partial charge is 0.493 e. The molecule has 0 bridgehead atoms. The van der Waals surface area contributed by atoms with E-state index in [2.05, 4.69) is 0 Å². The average Bonchev–Trinajstić information content (AvgIpc) is 2.54. The van der Waals surface area contributed by atoms with Crippen molar-refractivity contribution in [2.45, 2.75) is 36.6 Å². The fourth-order valence-electron chi connectivity index (χ4n) is 2.98. The molecule has 5 nitrogen and oxygen atoms in total. The number of hydrogen-bond donors (Lipinski definition) is 0. The van der Waals surface area contributed by atoms with Crippen molar-refractivity contribution in [1.29, 1.82) is 0 Å². The molecule has 8 heteroatoms. The molecule has 0 amide bonds. The van der Waals surface area contributed by atoms with Gasteiger partial charge in [0.05, 0.1) is 30.8 Å². The molecule has 1 unspecified atom stereocenters. The summed E-state index contributed by atoms with van der Waals surface area (Å²) >= 11 is 0. The summed E-state index contributed by atoms with van der Waals surface area (Å²) in [5, 5.41) is 0. The quantitative estimate of drug-likeness (QED) is 0.837. The fourth-order valence-corrected chi connectivity index (χ4v) is 4.64. The average molecular weight is 347 g/mol. The van der Waals surface area contributed by atoms with Crippen LogP contribution in [0.4, 0.5) is 8.78 Å². The second-order valence-corrected chi connectivity index (χ2v) is 7.58. The van der Waals surface area contributed by atoms with Crippen LogP contribution in [-0.4, -0.2) is 51.6 Å². The highest BCUT2D eigenvalue weighted by molar-refractivity contribution is 7.89. The second kappa shape index (κ2) is 6.70. The van der Waals surface area contributed by atoms with E-state index in [1.165, 1.54) is 6.07 Å². The molecule has 0 spiro atoms. The molecule has 2 heterocycles. The summed E-state index contributed by atoms with van der Waals surface area (Å²) in [6, 6.07) is 3.89. The summed E-state index contributed by atoms with van der Waals surface area (Å²) in [5.74, 6) is 0.696. The topological polar surface area (TPSA) is 55.8 Å². The Hall–Kier alpha value is -1.25. The Morgan fingerprint density at radius 2 is 2.13 bits per heavy atom. The Morgan fingerprint density at radius 1 is 1.30 bits per heavy atom. The van der Waals surface area contributed by atoms with Gasteiger partial charge in [-0.3, -0.25) is 0 Å². The van der Waals surface area contributed by atoms with Crippen molar-refractivity contribution in [3.63, 3.8) is 0 Å². The van der Waals surface area contributed by atoms with Gasteiger partial charge in [-0.15, -0.1) is 0 Å². The summed E-state index contributed by atoms with van der Waals surface area (Å²) in [6.45, 7) is 0.928. The van der Waals surface area contributed by atoms with E-state index in [0.29, 0.717) is 12.4 Å². The third-order valence-electron chi connectivity index (χ3n) is 4.11. The third kappa shape index (κ3) is 3.49. The molecule has 1 aromatic carbocycles. The summed E-state index contributed by atoms with van der Waals surface area (Å²) in [4.78, 5) is 0.128. The van der Waals surface area contributed by atoms with Crippen LogP contribution in [0.2, 0.25) is 0 Å². The number of benzene rings is 1. The highest BCUT2D eigenvalue weighted by Crippen LogP contribution is 2.30. The minimum absolute atomic E-state index is 0.00236. The van der Waals surface area contributed by atoms with Crippen LogP contribution in [0, 0.1) is 0 Å². The molecule has 3 rings (SSSR count). The first-order valence-electron chi connectivity index (χ1n) is 7.62. The first-order valence-corrected chi connectivity index (χ1v) is 9.06. The Morgan fingerprint density at radius 3 is 2.91 bits per heavy atom. The van der Waals surface area contributed by atoms with Crippen LogP contribution in [0.5, 0.6) is 5.75 Å². The van der Waals surface area contributed by atoms with Gasteiger partial charge in [0.2, 0.25) is 16.4 Å². The molecule has 0 N–H and O–H groups in total. The second-order valence-electron chi connectivity index (χ2n) is 5.69. The van der Waals surface area contributed by atoms with Gasteiger partial charge in [-0.25, -0.2) is 17.2 Å². The lowest BCUT2D eigenvalue weighted by molar-refractivity contribution is 0.00453. The predicted molar refractivity (Wildman–Crippen MR) is 79.4 cm³/mol. The number of ether oxygens (including phenoxy) is 2. The predicted octanol–water partition coefficient (Wildman–Crippen LogP) is 2.06. The van der Waals surface area contributed by atoms with Gasteiger partial charge in [-0.05, 0) is 36.6 Å². The van der Waals surface area contributed by atoms with E-state index in [9.17, 15) is 17.2 Å². The highest BCUT2D eigenvalue weighted by Gasteiger charge is 2.36. The lowest BCUT2D eigenvalue weighted by Gasteiger charge is -2.34. The monoisotopic (exact) mass is 347 g/mol. The number of nitrogens with zero attached hydrogens (tertiary/aromatic N) is 1. The van der Waals surface area contributed by atoms with Crippen LogP contribution in [0.25, 0.3) is 0 Å². The number of aryl methyl sites for hydroxylation is 1. The van der Waals surface area contributed by atoms with E-state index in [0.717, 1.165) is 22.7 Å². The normalized spacial score (nSPS) is 22.7. The van der Waals surface area contributed by atoms with Crippen molar-refractivity contribution < 1.29 is 26.7 Å². The van der Waals surface area contributed by atoms with Gasteiger partial charge in [0, 0.05) is 13.0 Å². The van der Waals surface area contributed by atoms with E-state index in [1.54, 1.807) is 12.1 Å². The summed E-state index contributed by atoms with van der Waals surface area (Å²) in [6.07, 6.45) is -1.51. The van der Waals surface area contributed by atoms with Gasteiger partial charge in [0.15, 0.2) is 0 Å². The zero-order chi connectivity index (χ0) is 16.4. The van der Waals surface area contributed by atoms with E-state index < -0.39 is 28.9 Å². The maximum atomic E-state index is 12.8. The molecular weight excluding hydrogens is 328 g/mol. The number of morpholine rings is 1. The minimum atomic E-state index is -3.83. The van der Waals surface area contributed by atoms with Gasteiger partial charge in [0.1, 0.15) is 5.75 Å². The Bertz CT molecular complexity index is 665. The van der Waals surface area contributed by atoms with Crippen molar-refractivity contribution >= 4 is 10.0 Å². The number of hydrogen-bond acceptors (Lipinski definition) is 4. The van der Waals surface area contributed by atoms with Gasteiger partial charge >= 0.3 is 0 Å². The lowest BCUT2D eigenvalue weighted by atomic mass is 10.1. The molecule has 0 aromatic heterocycles. The van der Waals surface area contributed by atoms with Crippen molar-refractivity contribution in [2.75, 3.05) is 26.4 Å². The molecule has 0 radical (unpaired) electrons. The standard InChI is InChI=1S/C15H19F2NO4S/c16-15(17)9-12-10-21-7-5-18(12)23(19,20)13-3-4-14-11(8-13)2-1-6-22-14/h3-4,8,12,15H,1-2,5-7,9-10H2. The number of rotatable bonds is 4. The van der Waals surface area contributed by atoms with Crippen LogP contribution in [0.1, 0.15) is 18.4 Å². The summed E-state index contributed by atoms with van der Waals surface area (Å²) in [5.41, 5.74) is 0.844. The lowest BCUT2D eigenvalue weighted by Crippen LogP contribution is -2.49. The third-order valence-corrected chi connectivity index (χ3v) is 6.06. The zero-order valence-corrected chi connectivity index (χ0v) is 13.4. The molecule has 1 saturated heterocycles. The van der Waals surface area contributed by atoms with Gasteiger partial charge < -0.3 is 9.47 Å². The van der Waals surface area contributed by atoms with Crippen LogP contribution in [0.3, 0.4) is 0 Å². The maximum Gasteiger partial charge on any atom is 0.243 e. The molecule has 2 aliphatic rings. The molecule has 1 aromatic rings. The Labute approximate surface area is 134 Å². The molecule has 1 fully saturated rings. The zero-order valence-electron chi connectivity index (χ0n) is 12.6. The molecule has 1 atom stereocenters. The van der Waals surface area contributed by atoms with Gasteiger partial charge in [-0.1, -0.05) is 0 Å². The minimum Gasteiger partial charge on any atom is -0.493 e. The number of sulfonamides is 1. The first kappa shape index (κ1) is 16.6. The van der Waals surface area contributed by atoms with E-state index in [1.807, 2.05) is 0 Å². The first-order chi connectivity index (χ1) is 11.0. The molecule has 23 heavy (non-hydrogen) atoms. The number of alkyl halides is 2. The van der Waals surface area contributed by atoms with E-state index in [4.69, 9.17) is 9.47 Å². The van der Waals surface area contributed by atoms with Crippen molar-refractivity contribution in [3.8, 4) is 5.75 Å². The Balaban J connectivity index is 1.90. The molecule has 0 aliphatic carbocycles. The smallest absolute Gasteiger partial charge is 0.243 e. The molecule has 2 aliphatic heterocycles. The molecule has 128 valence electrons. The van der Waals surface area contributed by atoms with Crippen LogP contribution < -0.4 is 4.74 Å². The fraction of sp³-hybridized carbons (Fsp3) is 0.600. The summed E-state index contributed by atoms with van der Waals surface area (Å²) in [7, 11) is -3.83. The van der Waals surface area contributed by atoms with Crippen LogP contribution in [0.15, 0.2) is 23.1 Å². The molecular formula is C15H19F2NO4S. The number of fused-ring (bicyclic) bond motifs is 1. The van der Waals surface area contributed by atoms with Crippen LogP contribution >= 0.6 is 0 Å².